The summed E-state index contributed by atoms with van der Waals surface area (Å²) in [6.07, 6.45) is 4.50. The van der Waals surface area contributed by atoms with Crippen LogP contribution in [0.4, 0.5) is 5.00 Å². The van der Waals surface area contributed by atoms with Gasteiger partial charge in [-0.2, -0.15) is 0 Å². The quantitative estimate of drug-likeness (QED) is 0.514. The molecule has 0 aromatic carbocycles. The van der Waals surface area contributed by atoms with E-state index >= 15 is 0 Å². The second-order valence-corrected chi connectivity index (χ2v) is 8.08. The summed E-state index contributed by atoms with van der Waals surface area (Å²) in [7, 11) is 0. The van der Waals surface area contributed by atoms with Crippen LogP contribution in [0.3, 0.4) is 0 Å². The van der Waals surface area contributed by atoms with Crippen molar-refractivity contribution in [3.63, 3.8) is 0 Å². The van der Waals surface area contributed by atoms with Crippen molar-refractivity contribution in [3.05, 3.63) is 38.1 Å². The summed E-state index contributed by atoms with van der Waals surface area (Å²) < 4.78 is 0. The minimum atomic E-state index is -0.506. The van der Waals surface area contributed by atoms with Gasteiger partial charge in [-0.05, 0) is 37.7 Å². The Morgan fingerprint density at radius 2 is 2.15 bits per heavy atom. The maximum atomic E-state index is 12.3. The van der Waals surface area contributed by atoms with Gasteiger partial charge < -0.3 is 16.0 Å². The fraction of sp³-hybridized carbons (Fsp3) is 0.412. The first-order valence-corrected chi connectivity index (χ1v) is 10.3. The van der Waals surface area contributed by atoms with Crippen LogP contribution in [0.15, 0.2) is 16.0 Å². The second-order valence-electron chi connectivity index (χ2n) is 6.01. The van der Waals surface area contributed by atoms with Crippen LogP contribution in [-0.4, -0.2) is 27.5 Å². The van der Waals surface area contributed by atoms with Gasteiger partial charge in [0, 0.05) is 16.6 Å². The highest BCUT2D eigenvalue weighted by molar-refractivity contribution is 7.99. The SMILES string of the molecule is CCc1cc(=O)[nH]c(SCC(=O)Nc2sc3c(c2C(N)=O)CCCC3)n1. The second kappa shape index (κ2) is 8.05. The van der Waals surface area contributed by atoms with Gasteiger partial charge in [-0.25, -0.2) is 4.98 Å². The number of hydrogen-bond acceptors (Lipinski definition) is 6. The zero-order chi connectivity index (χ0) is 18.7. The third kappa shape index (κ3) is 4.16. The lowest BCUT2D eigenvalue weighted by molar-refractivity contribution is -0.113. The van der Waals surface area contributed by atoms with Crippen LogP contribution in [-0.2, 0) is 24.1 Å². The molecule has 0 saturated heterocycles. The number of nitrogens with zero attached hydrogens (tertiary/aromatic N) is 1. The first-order chi connectivity index (χ1) is 12.5. The highest BCUT2D eigenvalue weighted by Gasteiger charge is 2.24. The molecule has 1 aliphatic rings. The van der Waals surface area contributed by atoms with Gasteiger partial charge in [0.25, 0.3) is 11.5 Å². The average molecular weight is 393 g/mol. The molecular formula is C17H20N4O3S2. The van der Waals surface area contributed by atoms with E-state index in [-0.39, 0.29) is 17.2 Å². The molecule has 0 fully saturated rings. The van der Waals surface area contributed by atoms with Crippen molar-refractivity contribution in [2.75, 3.05) is 11.1 Å². The highest BCUT2D eigenvalue weighted by Crippen LogP contribution is 2.37. The molecule has 7 nitrogen and oxygen atoms in total. The Hall–Kier alpha value is -2.13. The summed E-state index contributed by atoms with van der Waals surface area (Å²) in [5, 5.41) is 3.73. The molecule has 138 valence electrons. The molecule has 1 aliphatic carbocycles. The molecule has 0 radical (unpaired) electrons. The van der Waals surface area contributed by atoms with E-state index in [1.807, 2.05) is 6.92 Å². The number of nitrogens with two attached hydrogens (primary N) is 1. The van der Waals surface area contributed by atoms with E-state index in [0.717, 1.165) is 47.9 Å². The summed E-state index contributed by atoms with van der Waals surface area (Å²) in [5.41, 5.74) is 7.41. The Kier molecular flexibility index (Phi) is 5.77. The van der Waals surface area contributed by atoms with Gasteiger partial charge in [0.2, 0.25) is 5.91 Å². The van der Waals surface area contributed by atoms with E-state index in [9.17, 15) is 14.4 Å². The molecule has 26 heavy (non-hydrogen) atoms. The van der Waals surface area contributed by atoms with Crippen LogP contribution in [0.2, 0.25) is 0 Å². The molecule has 2 aromatic heterocycles. The van der Waals surface area contributed by atoms with Crippen molar-refractivity contribution in [3.8, 4) is 0 Å². The molecule has 2 aromatic rings. The lowest BCUT2D eigenvalue weighted by Gasteiger charge is -2.11. The van der Waals surface area contributed by atoms with Gasteiger partial charge in [0.15, 0.2) is 5.16 Å². The topological polar surface area (TPSA) is 118 Å². The third-order valence-corrected chi connectivity index (χ3v) is 6.23. The maximum absolute atomic E-state index is 12.3. The number of amides is 2. The highest BCUT2D eigenvalue weighted by atomic mass is 32.2. The number of anilines is 1. The molecule has 0 spiro atoms. The number of aromatic nitrogens is 2. The van der Waals surface area contributed by atoms with E-state index in [4.69, 9.17) is 5.73 Å². The number of H-pyrrole nitrogens is 1. The van der Waals surface area contributed by atoms with E-state index in [0.29, 0.717) is 27.8 Å². The van der Waals surface area contributed by atoms with Gasteiger partial charge in [0.05, 0.1) is 11.3 Å². The van der Waals surface area contributed by atoms with Crippen LogP contribution in [0.1, 0.15) is 46.3 Å². The fourth-order valence-electron chi connectivity index (χ4n) is 2.94. The summed E-state index contributed by atoms with van der Waals surface area (Å²) in [6.45, 7) is 1.91. The number of aryl methyl sites for hydroxylation is 2. The molecule has 2 heterocycles. The molecule has 0 unspecified atom stereocenters. The molecule has 0 atom stereocenters. The van der Waals surface area contributed by atoms with E-state index in [2.05, 4.69) is 15.3 Å². The van der Waals surface area contributed by atoms with Crippen molar-refractivity contribution in [1.82, 2.24) is 9.97 Å². The van der Waals surface area contributed by atoms with Crippen molar-refractivity contribution in [1.29, 1.82) is 0 Å². The number of carbonyl (C=O) groups excluding carboxylic acids is 2. The van der Waals surface area contributed by atoms with Crippen LogP contribution in [0.25, 0.3) is 0 Å². The first kappa shape index (κ1) is 18.7. The van der Waals surface area contributed by atoms with Crippen molar-refractivity contribution < 1.29 is 9.59 Å². The molecule has 0 bridgehead atoms. The van der Waals surface area contributed by atoms with Gasteiger partial charge in [-0.3, -0.25) is 14.4 Å². The predicted octanol–water partition coefficient (Wildman–Crippen LogP) is 2.10. The summed E-state index contributed by atoms with van der Waals surface area (Å²) >= 11 is 2.58. The molecule has 9 heteroatoms. The largest absolute Gasteiger partial charge is 0.365 e. The number of fused-ring (bicyclic) bond motifs is 1. The van der Waals surface area contributed by atoms with E-state index < -0.39 is 5.91 Å². The molecule has 4 N–H and O–H groups in total. The lowest BCUT2D eigenvalue weighted by atomic mass is 9.95. The number of carbonyl (C=O) groups is 2. The minimum absolute atomic E-state index is 0.0802. The number of nitrogens with one attached hydrogen (secondary N) is 2. The zero-order valence-corrected chi connectivity index (χ0v) is 16.0. The first-order valence-electron chi connectivity index (χ1n) is 8.45. The van der Waals surface area contributed by atoms with Gasteiger partial charge in [0.1, 0.15) is 5.00 Å². The zero-order valence-electron chi connectivity index (χ0n) is 14.4. The third-order valence-electron chi connectivity index (χ3n) is 4.15. The summed E-state index contributed by atoms with van der Waals surface area (Å²) in [6, 6.07) is 1.44. The smallest absolute Gasteiger partial charge is 0.251 e. The number of primary amides is 1. The molecule has 0 aliphatic heterocycles. The summed E-state index contributed by atoms with van der Waals surface area (Å²) in [5.74, 6) is -0.689. The lowest BCUT2D eigenvalue weighted by Crippen LogP contribution is -2.19. The van der Waals surface area contributed by atoms with Crippen molar-refractivity contribution >= 4 is 39.9 Å². The normalized spacial score (nSPS) is 13.3. The molecule has 2 amide bonds. The van der Waals surface area contributed by atoms with E-state index in [1.165, 1.54) is 17.4 Å². The Bertz CT molecular complexity index is 904. The van der Waals surface area contributed by atoms with E-state index in [1.54, 1.807) is 0 Å². The molecule has 0 saturated carbocycles. The molecule has 3 rings (SSSR count). The Morgan fingerprint density at radius 1 is 1.38 bits per heavy atom. The van der Waals surface area contributed by atoms with Crippen LogP contribution >= 0.6 is 23.1 Å². The standard InChI is InChI=1S/C17H20N4O3S2/c1-2-9-7-12(22)21-17(19-9)25-8-13(23)20-16-14(15(18)24)10-5-3-4-6-11(10)26-16/h7H,2-6,8H2,1H3,(H2,18,24)(H,20,23)(H,19,21,22). The Morgan fingerprint density at radius 3 is 2.88 bits per heavy atom. The van der Waals surface area contributed by atoms with Gasteiger partial charge >= 0.3 is 0 Å². The number of thiophene rings is 1. The number of hydrogen-bond donors (Lipinski definition) is 3. The van der Waals surface area contributed by atoms with Crippen molar-refractivity contribution in [2.45, 2.75) is 44.2 Å². The minimum Gasteiger partial charge on any atom is -0.365 e. The maximum Gasteiger partial charge on any atom is 0.251 e. The van der Waals surface area contributed by atoms with Crippen LogP contribution in [0.5, 0.6) is 0 Å². The predicted molar refractivity (Wildman–Crippen MR) is 103 cm³/mol. The van der Waals surface area contributed by atoms with Crippen LogP contribution < -0.4 is 16.6 Å². The average Bonchev–Trinajstić information content (AvgIpc) is 2.97. The monoisotopic (exact) mass is 392 g/mol. The number of aromatic amines is 1. The van der Waals surface area contributed by atoms with Crippen LogP contribution in [0, 0.1) is 0 Å². The molecular weight excluding hydrogens is 372 g/mol. The van der Waals surface area contributed by atoms with Gasteiger partial charge in [-0.15, -0.1) is 11.3 Å². The Labute approximate surface area is 158 Å². The van der Waals surface area contributed by atoms with Crippen molar-refractivity contribution in [2.24, 2.45) is 5.73 Å². The number of rotatable bonds is 6. The number of thioether (sulfide) groups is 1. The summed E-state index contributed by atoms with van der Waals surface area (Å²) in [4.78, 5) is 43.8. The Balaban J connectivity index is 1.71. The van der Waals surface area contributed by atoms with Gasteiger partial charge in [-0.1, -0.05) is 18.7 Å². The fourth-order valence-corrected chi connectivity index (χ4v) is 4.95.